The Kier molecular flexibility index (Phi) is 5.01. The lowest BCUT2D eigenvalue weighted by Crippen LogP contribution is -2.34. The number of aliphatic hydroxyl groups excluding tert-OH is 1. The predicted octanol–water partition coefficient (Wildman–Crippen LogP) is 0.429. The molecular weight excluding hydrogens is 388 g/mol. The molecule has 2 saturated heterocycles. The van der Waals surface area contributed by atoms with E-state index < -0.39 is 5.60 Å². The Hall–Kier alpha value is -2.76. The number of rotatable bonds is 6. The van der Waals surface area contributed by atoms with Crippen LogP contribution in [0.5, 0.6) is 0 Å². The lowest BCUT2D eigenvalue weighted by molar-refractivity contribution is 0.0364. The SMILES string of the molecule is OCCC1(O)CCN(c2c(-c3cn[nH]c3)ncn3nc(NC4CCOCC4)nc23)C1. The van der Waals surface area contributed by atoms with E-state index in [1.54, 1.807) is 23.2 Å². The number of fused-ring (bicyclic) bond motifs is 1. The maximum Gasteiger partial charge on any atom is 0.243 e. The second-order valence-electron chi connectivity index (χ2n) is 8.03. The Balaban J connectivity index is 1.54. The van der Waals surface area contributed by atoms with Crippen molar-refractivity contribution in [2.45, 2.75) is 37.3 Å². The Morgan fingerprint density at radius 1 is 1.33 bits per heavy atom. The Bertz CT molecular complexity index is 1000. The zero-order valence-electron chi connectivity index (χ0n) is 16.7. The first-order valence-electron chi connectivity index (χ1n) is 10.3. The number of H-pyrrole nitrogens is 1. The number of aliphatic hydroxyl groups is 2. The number of ether oxygens (including phenoxy) is 1. The summed E-state index contributed by atoms with van der Waals surface area (Å²) in [7, 11) is 0. The third-order valence-corrected chi connectivity index (χ3v) is 5.92. The summed E-state index contributed by atoms with van der Waals surface area (Å²) in [4.78, 5) is 11.5. The Morgan fingerprint density at radius 2 is 2.20 bits per heavy atom. The first-order valence-corrected chi connectivity index (χ1v) is 10.3. The van der Waals surface area contributed by atoms with Gasteiger partial charge in [0.1, 0.15) is 17.7 Å². The van der Waals surface area contributed by atoms with Crippen molar-refractivity contribution in [3.05, 3.63) is 18.7 Å². The summed E-state index contributed by atoms with van der Waals surface area (Å²) in [6.07, 6.45) is 7.90. The molecule has 5 rings (SSSR count). The highest BCUT2D eigenvalue weighted by molar-refractivity contribution is 5.85. The molecule has 2 aliphatic rings. The van der Waals surface area contributed by atoms with E-state index >= 15 is 0 Å². The molecule has 5 heterocycles. The summed E-state index contributed by atoms with van der Waals surface area (Å²) in [5, 5.41) is 35.0. The van der Waals surface area contributed by atoms with E-state index in [9.17, 15) is 10.2 Å². The fourth-order valence-electron chi connectivity index (χ4n) is 4.27. The third kappa shape index (κ3) is 3.59. The highest BCUT2D eigenvalue weighted by Gasteiger charge is 2.38. The summed E-state index contributed by atoms with van der Waals surface area (Å²) in [5.74, 6) is 0.555. The molecule has 3 aromatic heterocycles. The van der Waals surface area contributed by atoms with Crippen molar-refractivity contribution in [1.82, 2.24) is 29.8 Å². The molecule has 3 aromatic rings. The van der Waals surface area contributed by atoms with Gasteiger partial charge in [0.2, 0.25) is 5.95 Å². The van der Waals surface area contributed by atoms with Crippen LogP contribution in [-0.2, 0) is 4.74 Å². The highest BCUT2D eigenvalue weighted by atomic mass is 16.5. The van der Waals surface area contributed by atoms with Crippen molar-refractivity contribution in [2.24, 2.45) is 0 Å². The monoisotopic (exact) mass is 414 g/mol. The maximum absolute atomic E-state index is 10.8. The molecule has 0 aliphatic carbocycles. The van der Waals surface area contributed by atoms with Crippen LogP contribution in [0.25, 0.3) is 16.9 Å². The number of aromatic amines is 1. The maximum atomic E-state index is 10.8. The van der Waals surface area contributed by atoms with Gasteiger partial charge in [-0.2, -0.15) is 14.6 Å². The van der Waals surface area contributed by atoms with Gasteiger partial charge in [0, 0.05) is 57.1 Å². The van der Waals surface area contributed by atoms with Crippen molar-refractivity contribution in [3.63, 3.8) is 0 Å². The number of hydrogen-bond acceptors (Lipinski definition) is 9. The van der Waals surface area contributed by atoms with Gasteiger partial charge >= 0.3 is 0 Å². The Labute approximate surface area is 173 Å². The van der Waals surface area contributed by atoms with Crippen LogP contribution < -0.4 is 10.2 Å². The molecule has 0 radical (unpaired) electrons. The van der Waals surface area contributed by atoms with Crippen LogP contribution in [-0.4, -0.2) is 84.5 Å². The topological polar surface area (TPSA) is 137 Å². The predicted molar refractivity (Wildman–Crippen MR) is 109 cm³/mol. The largest absolute Gasteiger partial charge is 0.396 e. The molecule has 2 aliphatic heterocycles. The number of nitrogens with one attached hydrogen (secondary N) is 2. The lowest BCUT2D eigenvalue weighted by atomic mass is 10.00. The summed E-state index contributed by atoms with van der Waals surface area (Å²) in [5.41, 5.74) is 2.11. The minimum atomic E-state index is -0.932. The van der Waals surface area contributed by atoms with Gasteiger partial charge < -0.3 is 25.2 Å². The van der Waals surface area contributed by atoms with Crippen LogP contribution in [0.2, 0.25) is 0 Å². The molecule has 1 unspecified atom stereocenters. The molecule has 0 bridgehead atoms. The van der Waals surface area contributed by atoms with Crippen molar-refractivity contribution in [2.75, 3.05) is 43.1 Å². The standard InChI is InChI=1S/C19H26N8O3/c28-6-4-19(29)3-5-26(11-19)16-15(13-9-21-22-10-13)20-12-27-17(16)24-18(25-27)23-14-1-7-30-8-2-14/h9-10,12,14,28-29H,1-8,11H2,(H,21,22)(H,23,25). The van der Waals surface area contributed by atoms with Crippen LogP contribution in [0.3, 0.4) is 0 Å². The minimum absolute atomic E-state index is 0.0501. The smallest absolute Gasteiger partial charge is 0.243 e. The summed E-state index contributed by atoms with van der Waals surface area (Å²) < 4.78 is 7.10. The van der Waals surface area contributed by atoms with Gasteiger partial charge in [-0.3, -0.25) is 5.10 Å². The fraction of sp³-hybridized carbons (Fsp3) is 0.579. The average Bonchev–Trinajstić information content (AvgIpc) is 3.48. The second-order valence-corrected chi connectivity index (χ2v) is 8.03. The summed E-state index contributed by atoms with van der Waals surface area (Å²) in [6, 6.07) is 0.280. The number of β-amino-alcohol motifs (C(OH)–C–C–N with tert-alkyl or cyclic N) is 1. The molecule has 2 fully saturated rings. The second kappa shape index (κ2) is 7.82. The number of aromatic nitrogens is 6. The molecule has 11 heteroatoms. The molecule has 160 valence electrons. The van der Waals surface area contributed by atoms with Crippen molar-refractivity contribution in [1.29, 1.82) is 0 Å². The molecule has 30 heavy (non-hydrogen) atoms. The van der Waals surface area contributed by atoms with E-state index in [-0.39, 0.29) is 12.6 Å². The number of hydrogen-bond donors (Lipinski definition) is 4. The van der Waals surface area contributed by atoms with Crippen molar-refractivity contribution >= 4 is 17.3 Å². The Morgan fingerprint density at radius 3 is 2.97 bits per heavy atom. The van der Waals surface area contributed by atoms with Gasteiger partial charge in [0.15, 0.2) is 5.65 Å². The van der Waals surface area contributed by atoms with Crippen molar-refractivity contribution < 1.29 is 14.9 Å². The van der Waals surface area contributed by atoms with Gasteiger partial charge in [-0.25, -0.2) is 4.98 Å². The van der Waals surface area contributed by atoms with E-state index in [4.69, 9.17) is 9.72 Å². The van der Waals surface area contributed by atoms with Gasteiger partial charge in [-0.15, -0.1) is 5.10 Å². The molecule has 0 amide bonds. The van der Waals surface area contributed by atoms with Crippen molar-refractivity contribution in [3.8, 4) is 11.3 Å². The molecule has 11 nitrogen and oxygen atoms in total. The van der Waals surface area contributed by atoms with E-state index in [0.29, 0.717) is 37.5 Å². The fourth-order valence-corrected chi connectivity index (χ4v) is 4.27. The van der Waals surface area contributed by atoms with Crippen LogP contribution in [0, 0.1) is 0 Å². The van der Waals surface area contributed by atoms with Gasteiger partial charge in [-0.1, -0.05) is 0 Å². The van der Waals surface area contributed by atoms with E-state index in [1.165, 1.54) is 0 Å². The molecule has 0 saturated carbocycles. The van der Waals surface area contributed by atoms with Gasteiger partial charge in [0.25, 0.3) is 0 Å². The highest BCUT2D eigenvalue weighted by Crippen LogP contribution is 2.37. The van der Waals surface area contributed by atoms with Crippen LogP contribution in [0.1, 0.15) is 25.7 Å². The van der Waals surface area contributed by atoms with Crippen LogP contribution in [0.15, 0.2) is 18.7 Å². The molecule has 4 N–H and O–H groups in total. The molecular formula is C19H26N8O3. The first kappa shape index (κ1) is 19.2. The number of nitrogens with zero attached hydrogens (tertiary/aromatic N) is 6. The quantitative estimate of drug-likeness (QED) is 0.452. The van der Waals surface area contributed by atoms with Gasteiger partial charge in [-0.05, 0) is 19.3 Å². The van der Waals surface area contributed by atoms with Gasteiger partial charge in [0.05, 0.1) is 11.8 Å². The van der Waals surface area contributed by atoms with E-state index in [0.717, 1.165) is 43.0 Å². The lowest BCUT2D eigenvalue weighted by Gasteiger charge is -2.24. The number of anilines is 2. The average molecular weight is 414 g/mol. The van der Waals surface area contributed by atoms with Crippen LogP contribution in [0.4, 0.5) is 11.6 Å². The third-order valence-electron chi connectivity index (χ3n) is 5.92. The summed E-state index contributed by atoms with van der Waals surface area (Å²) in [6.45, 7) is 2.46. The van der Waals surface area contributed by atoms with E-state index in [2.05, 4.69) is 30.5 Å². The van der Waals surface area contributed by atoms with E-state index in [1.807, 2.05) is 0 Å². The first-order chi connectivity index (χ1) is 14.6. The zero-order chi connectivity index (χ0) is 20.6. The summed E-state index contributed by atoms with van der Waals surface area (Å²) >= 11 is 0. The zero-order valence-corrected chi connectivity index (χ0v) is 16.7. The minimum Gasteiger partial charge on any atom is -0.396 e. The normalized spacial score (nSPS) is 22.8. The molecule has 0 spiro atoms. The van der Waals surface area contributed by atoms with Crippen LogP contribution >= 0.6 is 0 Å². The molecule has 0 aromatic carbocycles. The molecule has 1 atom stereocenters.